The van der Waals surface area contributed by atoms with E-state index in [1.807, 2.05) is 6.92 Å². The van der Waals surface area contributed by atoms with Crippen LogP contribution in [0.5, 0.6) is 0 Å². The van der Waals surface area contributed by atoms with Gasteiger partial charge in [0.2, 0.25) is 0 Å². The molecule has 0 aliphatic heterocycles. The molecule has 0 saturated heterocycles. The van der Waals surface area contributed by atoms with E-state index in [0.29, 0.717) is 25.1 Å². The molecule has 0 aliphatic carbocycles. The number of ether oxygens (including phenoxy) is 2. The molecule has 0 radical (unpaired) electrons. The summed E-state index contributed by atoms with van der Waals surface area (Å²) < 4.78 is 23.4. The number of hydrogen-bond acceptors (Lipinski definition) is 4. The van der Waals surface area contributed by atoms with Crippen molar-refractivity contribution in [2.24, 2.45) is 0 Å². The van der Waals surface area contributed by atoms with E-state index in [2.05, 4.69) is 6.92 Å². The molecular formula is C19H28FNO4. The first-order chi connectivity index (χ1) is 11.9. The maximum Gasteiger partial charge on any atom is 0.409 e. The molecule has 0 fully saturated rings. The summed E-state index contributed by atoms with van der Waals surface area (Å²) in [6.45, 7) is 8.45. The van der Waals surface area contributed by atoms with E-state index >= 15 is 0 Å². The molecule has 5 nitrogen and oxygen atoms in total. The minimum Gasteiger partial charge on any atom is -0.459 e. The van der Waals surface area contributed by atoms with Crippen molar-refractivity contribution in [2.75, 3.05) is 13.2 Å². The van der Waals surface area contributed by atoms with Crippen molar-refractivity contribution in [2.45, 2.75) is 59.1 Å². The molecule has 2 unspecified atom stereocenters. The van der Waals surface area contributed by atoms with Gasteiger partial charge in [-0.3, -0.25) is 0 Å². The maximum absolute atomic E-state index is 12.9. The predicted octanol–water partition coefficient (Wildman–Crippen LogP) is 4.41. The molecule has 6 heteroatoms. The first-order valence-electron chi connectivity index (χ1n) is 8.78. The van der Waals surface area contributed by atoms with E-state index in [9.17, 15) is 14.0 Å². The summed E-state index contributed by atoms with van der Waals surface area (Å²) in [6, 6.07) is 5.09. The minimum atomic E-state index is -0.504. The molecule has 0 heterocycles. The standard InChI is InChI=1S/C19H28FNO4/c1-5-7-12-21(19(23)24-6-2)14(3)13-15(4)25-18(22)16-8-10-17(20)11-9-16/h8-11,14-15H,5-7,12-13H2,1-4H3. The van der Waals surface area contributed by atoms with E-state index in [0.717, 1.165) is 12.8 Å². The van der Waals surface area contributed by atoms with Gasteiger partial charge in [-0.1, -0.05) is 13.3 Å². The summed E-state index contributed by atoms with van der Waals surface area (Å²) in [6.07, 6.45) is 1.62. The van der Waals surface area contributed by atoms with E-state index in [4.69, 9.17) is 9.47 Å². The molecule has 1 amide bonds. The van der Waals surface area contributed by atoms with Crippen molar-refractivity contribution in [1.29, 1.82) is 0 Å². The lowest BCUT2D eigenvalue weighted by molar-refractivity contribution is 0.0249. The first kappa shape index (κ1) is 20.9. The number of amides is 1. The highest BCUT2D eigenvalue weighted by Gasteiger charge is 2.24. The highest BCUT2D eigenvalue weighted by molar-refractivity contribution is 5.89. The van der Waals surface area contributed by atoms with E-state index in [1.165, 1.54) is 24.3 Å². The van der Waals surface area contributed by atoms with Crippen LogP contribution in [-0.2, 0) is 9.47 Å². The number of carbonyl (C=O) groups is 2. The Kier molecular flexibility index (Phi) is 8.95. The summed E-state index contributed by atoms with van der Waals surface area (Å²) in [5.74, 6) is -0.907. The number of unbranched alkanes of at least 4 members (excludes halogenated alkanes) is 1. The summed E-state index contributed by atoms with van der Waals surface area (Å²) in [5, 5.41) is 0. The van der Waals surface area contributed by atoms with Crippen molar-refractivity contribution in [1.82, 2.24) is 4.90 Å². The molecule has 0 N–H and O–H groups in total. The van der Waals surface area contributed by atoms with Crippen molar-refractivity contribution in [3.63, 3.8) is 0 Å². The Hall–Kier alpha value is -2.11. The Morgan fingerprint density at radius 3 is 2.36 bits per heavy atom. The van der Waals surface area contributed by atoms with E-state index in [1.54, 1.807) is 18.7 Å². The van der Waals surface area contributed by atoms with Crippen LogP contribution in [0.25, 0.3) is 0 Å². The lowest BCUT2D eigenvalue weighted by atomic mass is 10.1. The van der Waals surface area contributed by atoms with Gasteiger partial charge >= 0.3 is 12.1 Å². The molecule has 25 heavy (non-hydrogen) atoms. The zero-order valence-corrected chi connectivity index (χ0v) is 15.5. The summed E-state index contributed by atoms with van der Waals surface area (Å²) in [4.78, 5) is 25.9. The Balaban J connectivity index is 2.62. The fourth-order valence-corrected chi connectivity index (χ4v) is 2.52. The zero-order chi connectivity index (χ0) is 18.8. The van der Waals surface area contributed by atoms with E-state index in [-0.39, 0.29) is 18.2 Å². The Morgan fingerprint density at radius 1 is 1.16 bits per heavy atom. The van der Waals surface area contributed by atoms with Gasteiger partial charge < -0.3 is 14.4 Å². The molecular weight excluding hydrogens is 325 g/mol. The molecule has 0 spiro atoms. The number of hydrogen-bond donors (Lipinski definition) is 0. The third kappa shape index (κ3) is 7.11. The third-order valence-electron chi connectivity index (χ3n) is 3.85. The second-order valence-corrected chi connectivity index (χ2v) is 6.05. The van der Waals surface area contributed by atoms with Gasteiger partial charge in [-0.2, -0.15) is 0 Å². The molecule has 0 saturated carbocycles. The topological polar surface area (TPSA) is 55.8 Å². The van der Waals surface area contributed by atoms with Crippen LogP contribution in [-0.4, -0.2) is 42.3 Å². The van der Waals surface area contributed by atoms with Gasteiger partial charge in [-0.05, 0) is 51.5 Å². The predicted molar refractivity (Wildman–Crippen MR) is 94.0 cm³/mol. The van der Waals surface area contributed by atoms with Crippen LogP contribution in [0.1, 0.15) is 57.3 Å². The smallest absolute Gasteiger partial charge is 0.409 e. The molecule has 1 aromatic carbocycles. The molecule has 1 aromatic rings. The van der Waals surface area contributed by atoms with Gasteiger partial charge in [0.15, 0.2) is 0 Å². The fourth-order valence-electron chi connectivity index (χ4n) is 2.52. The minimum absolute atomic E-state index is 0.124. The van der Waals surface area contributed by atoms with Crippen LogP contribution in [0.15, 0.2) is 24.3 Å². The first-order valence-corrected chi connectivity index (χ1v) is 8.78. The molecule has 1 rings (SSSR count). The SMILES string of the molecule is CCCCN(C(=O)OCC)C(C)CC(C)OC(=O)c1ccc(F)cc1. The quantitative estimate of drug-likeness (QED) is 0.617. The molecule has 0 aliphatic rings. The van der Waals surface area contributed by atoms with Gasteiger partial charge in [-0.25, -0.2) is 14.0 Å². The Bertz CT molecular complexity index is 547. The zero-order valence-electron chi connectivity index (χ0n) is 15.5. The number of esters is 1. The van der Waals surface area contributed by atoms with Crippen LogP contribution < -0.4 is 0 Å². The third-order valence-corrected chi connectivity index (χ3v) is 3.85. The largest absolute Gasteiger partial charge is 0.459 e. The second kappa shape index (κ2) is 10.7. The second-order valence-electron chi connectivity index (χ2n) is 6.05. The fraction of sp³-hybridized carbons (Fsp3) is 0.579. The average molecular weight is 353 g/mol. The van der Waals surface area contributed by atoms with Crippen LogP contribution in [0, 0.1) is 5.82 Å². The van der Waals surface area contributed by atoms with Gasteiger partial charge in [0.25, 0.3) is 0 Å². The normalized spacial score (nSPS) is 13.0. The van der Waals surface area contributed by atoms with Crippen molar-refractivity contribution >= 4 is 12.1 Å². The highest BCUT2D eigenvalue weighted by Crippen LogP contribution is 2.14. The lowest BCUT2D eigenvalue weighted by Gasteiger charge is -2.30. The van der Waals surface area contributed by atoms with Crippen molar-refractivity contribution < 1.29 is 23.5 Å². The van der Waals surface area contributed by atoms with Gasteiger partial charge in [-0.15, -0.1) is 0 Å². The van der Waals surface area contributed by atoms with Gasteiger partial charge in [0, 0.05) is 19.0 Å². The number of rotatable bonds is 9. The monoisotopic (exact) mass is 353 g/mol. The summed E-state index contributed by atoms with van der Waals surface area (Å²) in [5.41, 5.74) is 0.300. The maximum atomic E-state index is 12.9. The number of benzene rings is 1. The van der Waals surface area contributed by atoms with E-state index < -0.39 is 11.8 Å². The molecule has 0 bridgehead atoms. The Labute approximate surface area is 149 Å². The van der Waals surface area contributed by atoms with Gasteiger partial charge in [0.05, 0.1) is 12.2 Å². The van der Waals surface area contributed by atoms with Crippen LogP contribution >= 0.6 is 0 Å². The average Bonchev–Trinajstić information content (AvgIpc) is 2.55. The summed E-state index contributed by atoms with van der Waals surface area (Å²) in [7, 11) is 0. The van der Waals surface area contributed by atoms with Crippen molar-refractivity contribution in [3.8, 4) is 0 Å². The van der Waals surface area contributed by atoms with Crippen LogP contribution in [0.3, 0.4) is 0 Å². The number of halogens is 1. The van der Waals surface area contributed by atoms with Crippen LogP contribution in [0.2, 0.25) is 0 Å². The van der Waals surface area contributed by atoms with Crippen LogP contribution in [0.4, 0.5) is 9.18 Å². The molecule has 2 atom stereocenters. The lowest BCUT2D eigenvalue weighted by Crippen LogP contribution is -2.41. The number of carbonyl (C=O) groups excluding carboxylic acids is 2. The Morgan fingerprint density at radius 2 is 1.80 bits per heavy atom. The molecule has 0 aromatic heterocycles. The summed E-state index contributed by atoms with van der Waals surface area (Å²) >= 11 is 0. The van der Waals surface area contributed by atoms with Crippen molar-refractivity contribution in [3.05, 3.63) is 35.6 Å². The highest BCUT2D eigenvalue weighted by atomic mass is 19.1. The number of nitrogens with zero attached hydrogens (tertiary/aromatic N) is 1. The molecule has 140 valence electrons. The van der Waals surface area contributed by atoms with Gasteiger partial charge in [0.1, 0.15) is 11.9 Å².